The van der Waals surface area contributed by atoms with Crippen molar-refractivity contribution in [3.05, 3.63) is 24.6 Å². The van der Waals surface area contributed by atoms with Gasteiger partial charge in [0.1, 0.15) is 5.82 Å². The van der Waals surface area contributed by atoms with E-state index in [0.717, 1.165) is 12.2 Å². The Morgan fingerprint density at radius 3 is 2.62 bits per heavy atom. The summed E-state index contributed by atoms with van der Waals surface area (Å²) in [5.41, 5.74) is 0. The lowest BCUT2D eigenvalue weighted by Gasteiger charge is -2.12. The summed E-state index contributed by atoms with van der Waals surface area (Å²) >= 11 is 0. The second-order valence-electron chi connectivity index (χ2n) is 3.11. The summed E-state index contributed by atoms with van der Waals surface area (Å²) in [6.07, 6.45) is 9.11. The van der Waals surface area contributed by atoms with Crippen LogP contribution < -0.4 is 0 Å². The van der Waals surface area contributed by atoms with Gasteiger partial charge < -0.3 is 4.90 Å². The third-order valence-electron chi connectivity index (χ3n) is 1.66. The molecule has 0 unspecified atom stereocenters. The first-order valence-electron chi connectivity index (χ1n) is 4.75. The first kappa shape index (κ1) is 11.9. The van der Waals surface area contributed by atoms with Crippen molar-refractivity contribution < 1.29 is 0 Å². The molecular formula is C11H20N2. The minimum absolute atomic E-state index is 1.01. The van der Waals surface area contributed by atoms with E-state index in [1.807, 2.05) is 19.0 Å². The molecule has 0 saturated carbocycles. The molecule has 0 amide bonds. The normalized spacial score (nSPS) is 12.1. The fourth-order valence-corrected chi connectivity index (χ4v) is 0.915. The van der Waals surface area contributed by atoms with Crippen molar-refractivity contribution in [2.75, 3.05) is 14.1 Å². The number of nitrogens with zero attached hydrogens (tertiary/aromatic N) is 2. The maximum atomic E-state index is 4.26. The molecule has 0 N–H and O–H groups in total. The molecule has 0 aliphatic carbocycles. The zero-order valence-corrected chi connectivity index (χ0v) is 8.95. The highest BCUT2D eigenvalue weighted by Gasteiger charge is 1.93. The quantitative estimate of drug-likeness (QED) is 0.453. The van der Waals surface area contributed by atoms with E-state index < -0.39 is 0 Å². The standard InChI is InChI=1S/C11H20N2/c1-5-7-8-9-11(13(3)4)12-10-6-2/h6,9-10H,2,5,7-8H2,1,3-4H3/b11-9+,12-10-. The monoisotopic (exact) mass is 180 g/mol. The lowest BCUT2D eigenvalue weighted by atomic mass is 10.2. The predicted molar refractivity (Wildman–Crippen MR) is 60.0 cm³/mol. The summed E-state index contributed by atoms with van der Waals surface area (Å²) in [7, 11) is 4.00. The van der Waals surface area contributed by atoms with E-state index in [9.17, 15) is 0 Å². The van der Waals surface area contributed by atoms with Crippen molar-refractivity contribution in [2.45, 2.75) is 26.2 Å². The molecule has 0 aromatic rings. The highest BCUT2D eigenvalue weighted by Crippen LogP contribution is 2.04. The van der Waals surface area contributed by atoms with Gasteiger partial charge in [0.05, 0.1) is 0 Å². The van der Waals surface area contributed by atoms with Crippen LogP contribution in [-0.4, -0.2) is 25.2 Å². The molecule has 0 rings (SSSR count). The van der Waals surface area contributed by atoms with Crippen LogP contribution in [-0.2, 0) is 0 Å². The molecule has 0 aromatic carbocycles. The molecular weight excluding hydrogens is 160 g/mol. The maximum absolute atomic E-state index is 4.26. The van der Waals surface area contributed by atoms with Crippen LogP contribution in [0.15, 0.2) is 29.5 Å². The molecule has 13 heavy (non-hydrogen) atoms. The van der Waals surface area contributed by atoms with Crippen molar-refractivity contribution in [3.63, 3.8) is 0 Å². The Morgan fingerprint density at radius 2 is 2.15 bits per heavy atom. The van der Waals surface area contributed by atoms with E-state index >= 15 is 0 Å². The summed E-state index contributed by atoms with van der Waals surface area (Å²) < 4.78 is 0. The highest BCUT2D eigenvalue weighted by molar-refractivity contribution is 5.71. The average molecular weight is 180 g/mol. The van der Waals surface area contributed by atoms with Crippen molar-refractivity contribution in [2.24, 2.45) is 4.99 Å². The highest BCUT2D eigenvalue weighted by atomic mass is 15.2. The van der Waals surface area contributed by atoms with Gasteiger partial charge in [-0.15, -0.1) is 0 Å². The third-order valence-corrected chi connectivity index (χ3v) is 1.66. The zero-order chi connectivity index (χ0) is 10.1. The van der Waals surface area contributed by atoms with Crippen LogP contribution in [0, 0.1) is 0 Å². The third kappa shape index (κ3) is 6.14. The van der Waals surface area contributed by atoms with E-state index in [1.165, 1.54) is 12.8 Å². The molecule has 0 bridgehead atoms. The van der Waals surface area contributed by atoms with Gasteiger partial charge in [-0.3, -0.25) is 0 Å². The summed E-state index contributed by atoms with van der Waals surface area (Å²) in [6.45, 7) is 5.78. The van der Waals surface area contributed by atoms with Crippen LogP contribution in [0.4, 0.5) is 0 Å². The Bertz CT molecular complexity index is 190. The van der Waals surface area contributed by atoms with E-state index in [4.69, 9.17) is 0 Å². The van der Waals surface area contributed by atoms with E-state index in [2.05, 4.69) is 24.6 Å². The molecule has 0 spiro atoms. The van der Waals surface area contributed by atoms with Gasteiger partial charge in [-0.25, -0.2) is 4.99 Å². The van der Waals surface area contributed by atoms with Crippen molar-refractivity contribution in [1.82, 2.24) is 4.90 Å². The van der Waals surface area contributed by atoms with Crippen molar-refractivity contribution in [1.29, 1.82) is 0 Å². The van der Waals surface area contributed by atoms with Crippen LogP contribution in [0.2, 0.25) is 0 Å². The fraction of sp³-hybridized carbons (Fsp3) is 0.545. The number of aliphatic imine (C=N–C) groups is 1. The molecule has 0 atom stereocenters. The van der Waals surface area contributed by atoms with E-state index in [1.54, 1.807) is 12.3 Å². The summed E-state index contributed by atoms with van der Waals surface area (Å²) in [4.78, 5) is 6.27. The largest absolute Gasteiger partial charge is 0.363 e. The molecule has 0 aliphatic heterocycles. The summed E-state index contributed by atoms with van der Waals surface area (Å²) in [5, 5.41) is 0. The molecule has 0 aromatic heterocycles. The predicted octanol–water partition coefficient (Wildman–Crippen LogP) is 2.84. The molecule has 0 heterocycles. The van der Waals surface area contributed by atoms with Gasteiger partial charge >= 0.3 is 0 Å². The smallest absolute Gasteiger partial charge is 0.123 e. The van der Waals surface area contributed by atoms with Crippen LogP contribution >= 0.6 is 0 Å². The molecule has 2 heteroatoms. The van der Waals surface area contributed by atoms with Crippen LogP contribution in [0.5, 0.6) is 0 Å². The van der Waals surface area contributed by atoms with Gasteiger partial charge in [0.25, 0.3) is 0 Å². The average Bonchev–Trinajstić information content (AvgIpc) is 2.10. The van der Waals surface area contributed by atoms with Gasteiger partial charge in [-0.05, 0) is 18.9 Å². The van der Waals surface area contributed by atoms with Crippen LogP contribution in [0.1, 0.15) is 26.2 Å². The van der Waals surface area contributed by atoms with E-state index in [0.29, 0.717) is 0 Å². The number of rotatable bonds is 6. The SMILES string of the molecule is C=C/C=N\C(=C/CCCC)N(C)C. The Hall–Kier alpha value is -1.05. The summed E-state index contributed by atoms with van der Waals surface area (Å²) in [6, 6.07) is 0. The Kier molecular flexibility index (Phi) is 6.98. The maximum Gasteiger partial charge on any atom is 0.123 e. The minimum atomic E-state index is 1.01. The number of hydrogen-bond donors (Lipinski definition) is 0. The second-order valence-corrected chi connectivity index (χ2v) is 3.11. The van der Waals surface area contributed by atoms with Crippen molar-refractivity contribution in [3.8, 4) is 0 Å². The molecule has 0 aliphatic rings. The Balaban J connectivity index is 4.14. The lowest BCUT2D eigenvalue weighted by molar-refractivity contribution is 0.503. The number of hydrogen-bond acceptors (Lipinski definition) is 2. The topological polar surface area (TPSA) is 15.6 Å². The fourth-order valence-electron chi connectivity index (χ4n) is 0.915. The Morgan fingerprint density at radius 1 is 1.46 bits per heavy atom. The van der Waals surface area contributed by atoms with Crippen molar-refractivity contribution >= 4 is 6.21 Å². The van der Waals surface area contributed by atoms with Crippen LogP contribution in [0.3, 0.4) is 0 Å². The van der Waals surface area contributed by atoms with Gasteiger partial charge in [-0.1, -0.05) is 26.0 Å². The van der Waals surface area contributed by atoms with Gasteiger partial charge in [0, 0.05) is 20.3 Å². The zero-order valence-electron chi connectivity index (χ0n) is 8.95. The lowest BCUT2D eigenvalue weighted by Crippen LogP contribution is -2.09. The molecule has 0 radical (unpaired) electrons. The molecule has 0 saturated heterocycles. The van der Waals surface area contributed by atoms with Gasteiger partial charge in [0.15, 0.2) is 0 Å². The van der Waals surface area contributed by atoms with Gasteiger partial charge in [0.2, 0.25) is 0 Å². The van der Waals surface area contributed by atoms with E-state index in [-0.39, 0.29) is 0 Å². The molecule has 2 nitrogen and oxygen atoms in total. The molecule has 0 fully saturated rings. The van der Waals surface area contributed by atoms with Gasteiger partial charge in [-0.2, -0.15) is 0 Å². The number of allylic oxidation sites excluding steroid dienone is 2. The number of unbranched alkanes of at least 4 members (excludes halogenated alkanes) is 2. The Labute approximate surface area is 81.7 Å². The molecule has 74 valence electrons. The second kappa shape index (κ2) is 7.59. The first-order chi connectivity index (χ1) is 6.22. The van der Waals surface area contributed by atoms with Crippen LogP contribution in [0.25, 0.3) is 0 Å². The first-order valence-corrected chi connectivity index (χ1v) is 4.75. The minimum Gasteiger partial charge on any atom is -0.363 e. The summed E-state index contributed by atoms with van der Waals surface area (Å²) in [5.74, 6) is 1.01.